The monoisotopic (exact) mass is 362 g/mol. The van der Waals surface area contributed by atoms with Crippen molar-refractivity contribution in [2.24, 2.45) is 4.99 Å². The zero-order valence-corrected chi connectivity index (χ0v) is 14.1. The summed E-state index contributed by atoms with van der Waals surface area (Å²) in [5, 5.41) is 13.0. The van der Waals surface area contributed by atoms with Gasteiger partial charge in [-0.3, -0.25) is 4.79 Å². The van der Waals surface area contributed by atoms with E-state index in [9.17, 15) is 14.3 Å². The lowest BCUT2D eigenvalue weighted by Gasteiger charge is -2.03. The van der Waals surface area contributed by atoms with E-state index in [-0.39, 0.29) is 21.2 Å². The van der Waals surface area contributed by atoms with Gasteiger partial charge in [-0.05, 0) is 48.5 Å². The van der Waals surface area contributed by atoms with Crippen molar-refractivity contribution in [1.29, 1.82) is 0 Å². The normalized spacial score (nSPS) is 17.5. The van der Waals surface area contributed by atoms with Gasteiger partial charge in [0, 0.05) is 5.56 Å². The third kappa shape index (κ3) is 3.29. The average Bonchev–Trinajstić information content (AvgIpc) is 2.87. The molecule has 1 amide bonds. The zero-order valence-electron chi connectivity index (χ0n) is 12.5. The minimum Gasteiger partial charge on any atom is -0.506 e. The molecule has 122 valence electrons. The van der Waals surface area contributed by atoms with Crippen molar-refractivity contribution in [3.63, 3.8) is 0 Å². The van der Waals surface area contributed by atoms with Crippen molar-refractivity contribution >= 4 is 46.2 Å². The van der Waals surface area contributed by atoms with Crippen LogP contribution >= 0.6 is 23.4 Å². The molecule has 0 spiro atoms. The highest BCUT2D eigenvalue weighted by Gasteiger charge is 2.25. The van der Waals surface area contributed by atoms with E-state index in [4.69, 9.17) is 11.6 Å². The number of phenols is 1. The van der Waals surface area contributed by atoms with E-state index in [0.29, 0.717) is 10.9 Å². The third-order valence-electron chi connectivity index (χ3n) is 3.36. The minimum atomic E-state index is -0.509. The topological polar surface area (TPSA) is 61.7 Å². The Morgan fingerprint density at radius 2 is 2.04 bits per heavy atom. The number of hydrogen-bond donors (Lipinski definition) is 2. The summed E-state index contributed by atoms with van der Waals surface area (Å²) in [6.07, 6.45) is 1.39. The Morgan fingerprint density at radius 3 is 2.75 bits per heavy atom. The van der Waals surface area contributed by atoms with Gasteiger partial charge in [-0.1, -0.05) is 29.8 Å². The molecular formula is C17H12ClFN2O2S. The first-order chi connectivity index (χ1) is 11.5. The molecule has 1 saturated heterocycles. The van der Waals surface area contributed by atoms with E-state index in [2.05, 4.69) is 10.3 Å². The number of para-hydroxylation sites is 1. The molecule has 0 radical (unpaired) electrons. The number of rotatable bonds is 2. The van der Waals surface area contributed by atoms with Crippen LogP contribution in [0.15, 0.2) is 46.3 Å². The van der Waals surface area contributed by atoms with Crippen LogP contribution in [0.5, 0.6) is 5.75 Å². The number of nitrogens with one attached hydrogen (secondary N) is 1. The van der Waals surface area contributed by atoms with Crippen molar-refractivity contribution < 1.29 is 14.3 Å². The Balaban J connectivity index is 1.94. The summed E-state index contributed by atoms with van der Waals surface area (Å²) in [5.74, 6) is -0.886. The van der Waals surface area contributed by atoms with Crippen LogP contribution in [0.4, 0.5) is 10.1 Å². The van der Waals surface area contributed by atoms with Crippen LogP contribution in [0.1, 0.15) is 11.1 Å². The molecule has 1 heterocycles. The number of phenolic OH excluding ortho intramolecular Hbond substituents is 1. The SMILES string of the molecule is Cc1cccc(O)c1N=C1NC(=O)/C(=C/c2c(F)cccc2Cl)S1. The van der Waals surface area contributed by atoms with Gasteiger partial charge in [-0.25, -0.2) is 9.38 Å². The maximum absolute atomic E-state index is 13.8. The summed E-state index contributed by atoms with van der Waals surface area (Å²) in [4.78, 5) is 16.6. The number of amidine groups is 1. The van der Waals surface area contributed by atoms with E-state index in [1.807, 2.05) is 0 Å². The number of thioether (sulfide) groups is 1. The van der Waals surface area contributed by atoms with E-state index in [1.54, 1.807) is 25.1 Å². The molecular weight excluding hydrogens is 351 g/mol. The van der Waals surface area contributed by atoms with E-state index in [1.165, 1.54) is 24.3 Å². The minimum absolute atomic E-state index is 0.0203. The van der Waals surface area contributed by atoms with E-state index < -0.39 is 11.7 Å². The predicted octanol–water partition coefficient (Wildman–Crippen LogP) is 4.38. The molecule has 1 fully saturated rings. The van der Waals surface area contributed by atoms with Crippen molar-refractivity contribution in [3.8, 4) is 5.75 Å². The lowest BCUT2D eigenvalue weighted by Crippen LogP contribution is -2.19. The molecule has 7 heteroatoms. The second-order valence-corrected chi connectivity index (χ2v) is 6.50. The molecule has 0 saturated carbocycles. The van der Waals surface area contributed by atoms with Crippen molar-refractivity contribution in [1.82, 2.24) is 5.32 Å². The molecule has 0 unspecified atom stereocenters. The molecule has 4 nitrogen and oxygen atoms in total. The molecule has 0 atom stereocenters. The molecule has 0 aromatic heterocycles. The van der Waals surface area contributed by atoms with Crippen LogP contribution in [0, 0.1) is 12.7 Å². The largest absolute Gasteiger partial charge is 0.506 e. The molecule has 1 aliphatic rings. The van der Waals surface area contributed by atoms with Crippen molar-refractivity contribution in [2.75, 3.05) is 0 Å². The highest BCUT2D eigenvalue weighted by Crippen LogP contribution is 2.34. The molecule has 1 aliphatic heterocycles. The standard InChI is InChI=1S/C17H12ClFN2O2S/c1-9-4-2-7-13(22)15(9)20-17-21-16(23)14(24-17)8-10-11(18)5-3-6-12(10)19/h2-8,22H,1H3,(H,20,21,23)/b14-8-. The second-order valence-electron chi connectivity index (χ2n) is 5.06. The molecule has 24 heavy (non-hydrogen) atoms. The first kappa shape index (κ1) is 16.5. The van der Waals surface area contributed by atoms with Gasteiger partial charge in [0.25, 0.3) is 5.91 Å². The highest BCUT2D eigenvalue weighted by atomic mass is 35.5. The van der Waals surface area contributed by atoms with Crippen LogP contribution in [0.2, 0.25) is 5.02 Å². The fourth-order valence-electron chi connectivity index (χ4n) is 2.15. The molecule has 0 aliphatic carbocycles. The van der Waals surface area contributed by atoms with Gasteiger partial charge in [0.15, 0.2) is 5.17 Å². The number of aliphatic imine (C=N–C) groups is 1. The van der Waals surface area contributed by atoms with Crippen LogP contribution in [0.25, 0.3) is 6.08 Å². The van der Waals surface area contributed by atoms with Gasteiger partial charge in [0.1, 0.15) is 17.3 Å². The lowest BCUT2D eigenvalue weighted by atomic mass is 10.2. The number of carbonyl (C=O) groups excluding carboxylic acids is 1. The molecule has 2 aromatic carbocycles. The zero-order chi connectivity index (χ0) is 17.3. The summed E-state index contributed by atoms with van der Waals surface area (Å²) in [6.45, 7) is 1.80. The number of benzene rings is 2. The predicted molar refractivity (Wildman–Crippen MR) is 95.1 cm³/mol. The summed E-state index contributed by atoms with van der Waals surface area (Å²) in [7, 11) is 0. The lowest BCUT2D eigenvalue weighted by molar-refractivity contribution is -0.115. The quantitative estimate of drug-likeness (QED) is 0.779. The first-order valence-corrected chi connectivity index (χ1v) is 8.17. The number of halogens is 2. The smallest absolute Gasteiger partial charge is 0.264 e. The number of aryl methyl sites for hydroxylation is 1. The van der Waals surface area contributed by atoms with Crippen LogP contribution in [-0.2, 0) is 4.79 Å². The molecule has 0 bridgehead atoms. The van der Waals surface area contributed by atoms with Gasteiger partial charge in [0.05, 0.1) is 9.93 Å². The Morgan fingerprint density at radius 1 is 1.29 bits per heavy atom. The number of carbonyl (C=O) groups is 1. The van der Waals surface area contributed by atoms with Crippen molar-refractivity contribution in [2.45, 2.75) is 6.92 Å². The fourth-order valence-corrected chi connectivity index (χ4v) is 3.18. The molecule has 2 aromatic rings. The Kier molecular flexibility index (Phi) is 4.59. The number of hydrogen-bond acceptors (Lipinski definition) is 4. The molecule has 2 N–H and O–H groups in total. The van der Waals surface area contributed by atoms with Crippen LogP contribution < -0.4 is 5.32 Å². The number of aromatic hydroxyl groups is 1. The van der Waals surface area contributed by atoms with E-state index in [0.717, 1.165) is 17.3 Å². The van der Waals surface area contributed by atoms with Gasteiger partial charge < -0.3 is 10.4 Å². The number of amides is 1. The summed E-state index contributed by atoms with van der Waals surface area (Å²) in [5.41, 5.74) is 1.30. The summed E-state index contributed by atoms with van der Waals surface area (Å²) in [6, 6.07) is 9.35. The van der Waals surface area contributed by atoms with Gasteiger partial charge >= 0.3 is 0 Å². The molecule has 3 rings (SSSR count). The Bertz CT molecular complexity index is 856. The van der Waals surface area contributed by atoms with Crippen molar-refractivity contribution in [3.05, 3.63) is 63.3 Å². The van der Waals surface area contributed by atoms with Gasteiger partial charge in [-0.2, -0.15) is 0 Å². The van der Waals surface area contributed by atoms with Gasteiger partial charge in [-0.15, -0.1) is 0 Å². The number of nitrogens with zero attached hydrogens (tertiary/aromatic N) is 1. The third-order valence-corrected chi connectivity index (χ3v) is 4.60. The maximum Gasteiger partial charge on any atom is 0.264 e. The van der Waals surface area contributed by atoms with Crippen LogP contribution in [0.3, 0.4) is 0 Å². The average molecular weight is 363 g/mol. The van der Waals surface area contributed by atoms with E-state index >= 15 is 0 Å². The Hall–Kier alpha value is -2.31. The summed E-state index contributed by atoms with van der Waals surface area (Å²) < 4.78 is 13.8. The van der Waals surface area contributed by atoms with Crippen LogP contribution in [-0.4, -0.2) is 16.2 Å². The summed E-state index contributed by atoms with van der Waals surface area (Å²) >= 11 is 7.03. The first-order valence-electron chi connectivity index (χ1n) is 6.98. The van der Waals surface area contributed by atoms with Gasteiger partial charge in [0.2, 0.25) is 0 Å². The highest BCUT2D eigenvalue weighted by molar-refractivity contribution is 8.18. The maximum atomic E-state index is 13.8. The fraction of sp³-hybridized carbons (Fsp3) is 0.0588. The Labute approximate surface area is 147 Å². The second kappa shape index (κ2) is 6.67.